The minimum atomic E-state index is -0.424. The van der Waals surface area contributed by atoms with Crippen LogP contribution in [0.5, 0.6) is 5.75 Å². The molecule has 29 heavy (non-hydrogen) atoms. The summed E-state index contributed by atoms with van der Waals surface area (Å²) in [6.45, 7) is 8.49. The van der Waals surface area contributed by atoms with Gasteiger partial charge in [0.15, 0.2) is 0 Å². The van der Waals surface area contributed by atoms with Crippen LogP contribution in [0.2, 0.25) is 0 Å². The molecule has 2 aliphatic rings. The summed E-state index contributed by atoms with van der Waals surface area (Å²) >= 11 is 0. The molecule has 7 heteroatoms. The van der Waals surface area contributed by atoms with Crippen LogP contribution in [0.1, 0.15) is 48.4 Å². The lowest BCUT2D eigenvalue weighted by atomic mass is 9.79. The number of amides is 2. The second kappa shape index (κ2) is 7.00. The summed E-state index contributed by atoms with van der Waals surface area (Å²) in [7, 11) is -0.424. The fourth-order valence-electron chi connectivity index (χ4n) is 3.40. The van der Waals surface area contributed by atoms with Crippen LogP contribution < -0.4 is 10.2 Å². The third kappa shape index (κ3) is 3.45. The van der Waals surface area contributed by atoms with Crippen LogP contribution in [0.3, 0.4) is 0 Å². The van der Waals surface area contributed by atoms with Gasteiger partial charge in [0.25, 0.3) is 11.8 Å². The largest absolute Gasteiger partial charge is 0.494 e. The van der Waals surface area contributed by atoms with E-state index in [1.165, 1.54) is 4.90 Å². The van der Waals surface area contributed by atoms with E-state index in [1.807, 2.05) is 52.0 Å². The summed E-state index contributed by atoms with van der Waals surface area (Å²) < 4.78 is 17.8. The van der Waals surface area contributed by atoms with Crippen molar-refractivity contribution in [3.05, 3.63) is 59.7 Å². The summed E-state index contributed by atoms with van der Waals surface area (Å²) in [6.07, 6.45) is 0. The van der Waals surface area contributed by atoms with Gasteiger partial charge in [-0.3, -0.25) is 14.5 Å². The lowest BCUT2D eigenvalue weighted by Crippen LogP contribution is -2.41. The van der Waals surface area contributed by atoms with Crippen LogP contribution in [0.4, 0.5) is 0 Å². The average Bonchev–Trinajstić information content (AvgIpc) is 3.06. The molecule has 2 amide bonds. The zero-order valence-corrected chi connectivity index (χ0v) is 17.1. The van der Waals surface area contributed by atoms with Gasteiger partial charge in [0, 0.05) is 0 Å². The predicted molar refractivity (Wildman–Crippen MR) is 109 cm³/mol. The standard InChI is InChI=1S/C22H24BNO5/c1-21(2)22(3,4)29-23(28-21)15-9-11-16(12-10-15)27-14-13-24-19(25)17-7-5-6-8-18(17)20(24)26/h5-12H,13-14H2,1-4H3. The number of rotatable bonds is 5. The second-order valence-electron chi connectivity index (χ2n) is 8.31. The normalized spacial score (nSPS) is 19.6. The zero-order chi connectivity index (χ0) is 20.8. The number of hydrogen-bond acceptors (Lipinski definition) is 5. The molecule has 0 unspecified atom stereocenters. The number of hydrogen-bond donors (Lipinski definition) is 0. The third-order valence-electron chi connectivity index (χ3n) is 5.87. The Labute approximate surface area is 170 Å². The average molecular weight is 393 g/mol. The van der Waals surface area contributed by atoms with Crippen molar-refractivity contribution in [3.8, 4) is 5.75 Å². The predicted octanol–water partition coefficient (Wildman–Crippen LogP) is 2.66. The van der Waals surface area contributed by atoms with Crippen LogP contribution in [0.15, 0.2) is 48.5 Å². The van der Waals surface area contributed by atoms with Crippen molar-refractivity contribution >= 4 is 24.4 Å². The Hall–Kier alpha value is -2.64. The molecule has 0 atom stereocenters. The first-order valence-corrected chi connectivity index (χ1v) is 9.73. The number of imide groups is 1. The Morgan fingerprint density at radius 1 is 0.862 bits per heavy atom. The monoisotopic (exact) mass is 393 g/mol. The number of fused-ring (bicyclic) bond motifs is 1. The molecule has 1 saturated heterocycles. The fraction of sp³-hybridized carbons (Fsp3) is 0.364. The molecule has 0 aromatic heterocycles. The Balaban J connectivity index is 1.34. The van der Waals surface area contributed by atoms with Gasteiger partial charge in [0.2, 0.25) is 0 Å². The first kappa shape index (κ1) is 19.7. The van der Waals surface area contributed by atoms with Gasteiger partial charge in [-0.15, -0.1) is 0 Å². The Kier molecular flexibility index (Phi) is 4.75. The van der Waals surface area contributed by atoms with E-state index in [1.54, 1.807) is 24.3 Å². The van der Waals surface area contributed by atoms with Crippen LogP contribution >= 0.6 is 0 Å². The summed E-state index contributed by atoms with van der Waals surface area (Å²) in [5, 5.41) is 0. The first-order valence-electron chi connectivity index (χ1n) is 9.73. The summed E-state index contributed by atoms with van der Waals surface area (Å²) in [6, 6.07) is 14.3. The van der Waals surface area contributed by atoms with Crippen molar-refractivity contribution in [1.29, 1.82) is 0 Å². The Morgan fingerprint density at radius 3 is 1.90 bits per heavy atom. The fourth-order valence-corrected chi connectivity index (χ4v) is 3.40. The smallest absolute Gasteiger partial charge is 0.492 e. The molecule has 150 valence electrons. The van der Waals surface area contributed by atoms with Gasteiger partial charge in [0.1, 0.15) is 12.4 Å². The summed E-state index contributed by atoms with van der Waals surface area (Å²) in [4.78, 5) is 26.0. The number of carbonyl (C=O) groups is 2. The number of ether oxygens (including phenoxy) is 1. The SMILES string of the molecule is CC1(C)OB(c2ccc(OCCN3C(=O)c4ccccc4C3=O)cc2)OC1(C)C. The lowest BCUT2D eigenvalue weighted by Gasteiger charge is -2.32. The van der Waals surface area contributed by atoms with Crippen molar-refractivity contribution in [2.75, 3.05) is 13.2 Å². The van der Waals surface area contributed by atoms with Gasteiger partial charge >= 0.3 is 7.12 Å². The minimum absolute atomic E-state index is 0.200. The maximum Gasteiger partial charge on any atom is 0.494 e. The second-order valence-corrected chi connectivity index (χ2v) is 8.31. The van der Waals surface area contributed by atoms with E-state index in [-0.39, 0.29) is 36.2 Å². The highest BCUT2D eigenvalue weighted by Crippen LogP contribution is 2.36. The van der Waals surface area contributed by atoms with Crippen molar-refractivity contribution in [1.82, 2.24) is 4.90 Å². The van der Waals surface area contributed by atoms with Gasteiger partial charge in [0.05, 0.1) is 28.9 Å². The first-order chi connectivity index (χ1) is 13.7. The molecule has 2 heterocycles. The highest BCUT2D eigenvalue weighted by atomic mass is 16.7. The van der Waals surface area contributed by atoms with Crippen molar-refractivity contribution < 1.29 is 23.6 Å². The number of carbonyl (C=O) groups excluding carboxylic acids is 2. The highest BCUT2D eigenvalue weighted by molar-refractivity contribution is 6.62. The van der Waals surface area contributed by atoms with Gasteiger partial charge in [-0.05, 0) is 57.4 Å². The third-order valence-corrected chi connectivity index (χ3v) is 5.87. The van der Waals surface area contributed by atoms with E-state index in [0.29, 0.717) is 16.9 Å². The molecule has 4 rings (SSSR count). The molecule has 2 aromatic carbocycles. The molecule has 2 aromatic rings. The molecule has 0 spiro atoms. The quantitative estimate of drug-likeness (QED) is 0.577. The van der Waals surface area contributed by atoms with Crippen LogP contribution in [-0.4, -0.2) is 48.2 Å². The van der Waals surface area contributed by atoms with Gasteiger partial charge < -0.3 is 14.0 Å². The van der Waals surface area contributed by atoms with E-state index < -0.39 is 7.12 Å². The Bertz CT molecular complexity index is 903. The van der Waals surface area contributed by atoms with E-state index in [2.05, 4.69) is 0 Å². The van der Waals surface area contributed by atoms with Gasteiger partial charge in [-0.1, -0.05) is 24.3 Å². The number of benzene rings is 2. The zero-order valence-electron chi connectivity index (χ0n) is 17.1. The molecule has 0 radical (unpaired) electrons. The van der Waals surface area contributed by atoms with Gasteiger partial charge in [-0.2, -0.15) is 0 Å². The molecule has 2 aliphatic heterocycles. The van der Waals surface area contributed by atoms with Crippen LogP contribution in [0, 0.1) is 0 Å². The van der Waals surface area contributed by atoms with Crippen molar-refractivity contribution in [3.63, 3.8) is 0 Å². The molecule has 0 N–H and O–H groups in total. The molecule has 0 saturated carbocycles. The number of nitrogens with zero attached hydrogens (tertiary/aromatic N) is 1. The topological polar surface area (TPSA) is 65.1 Å². The molecular formula is C22H24BNO5. The van der Waals surface area contributed by atoms with E-state index in [9.17, 15) is 9.59 Å². The molecular weight excluding hydrogens is 369 g/mol. The molecule has 1 fully saturated rings. The van der Waals surface area contributed by atoms with Crippen LogP contribution in [-0.2, 0) is 9.31 Å². The van der Waals surface area contributed by atoms with Crippen LogP contribution in [0.25, 0.3) is 0 Å². The van der Waals surface area contributed by atoms with Gasteiger partial charge in [-0.25, -0.2) is 0 Å². The summed E-state index contributed by atoms with van der Waals surface area (Å²) in [5.41, 5.74) is 1.03. The minimum Gasteiger partial charge on any atom is -0.492 e. The lowest BCUT2D eigenvalue weighted by molar-refractivity contribution is 0.00578. The molecule has 6 nitrogen and oxygen atoms in total. The summed E-state index contributed by atoms with van der Waals surface area (Å²) in [5.74, 6) is 0.109. The van der Waals surface area contributed by atoms with E-state index >= 15 is 0 Å². The van der Waals surface area contributed by atoms with E-state index in [0.717, 1.165) is 5.46 Å². The highest BCUT2D eigenvalue weighted by Gasteiger charge is 2.51. The van der Waals surface area contributed by atoms with Crippen molar-refractivity contribution in [2.24, 2.45) is 0 Å². The maximum atomic E-state index is 12.4. The molecule has 0 bridgehead atoms. The van der Waals surface area contributed by atoms with Crippen molar-refractivity contribution in [2.45, 2.75) is 38.9 Å². The maximum absolute atomic E-state index is 12.4. The molecule has 0 aliphatic carbocycles. The van der Waals surface area contributed by atoms with E-state index in [4.69, 9.17) is 14.0 Å². The Morgan fingerprint density at radius 2 is 1.38 bits per heavy atom.